The van der Waals surface area contributed by atoms with Crippen molar-refractivity contribution in [2.75, 3.05) is 44.9 Å². The highest BCUT2D eigenvalue weighted by molar-refractivity contribution is 5.91. The summed E-state index contributed by atoms with van der Waals surface area (Å²) in [5.41, 5.74) is 2.20. The van der Waals surface area contributed by atoms with Crippen LogP contribution in [-0.2, 0) is 11.3 Å². The van der Waals surface area contributed by atoms with Gasteiger partial charge in [-0.15, -0.1) is 0 Å². The van der Waals surface area contributed by atoms with Gasteiger partial charge in [0.25, 0.3) is 0 Å². The topological polar surface area (TPSA) is 73.9 Å². The molecule has 27 heavy (non-hydrogen) atoms. The lowest BCUT2D eigenvalue weighted by molar-refractivity contribution is 0.187. The second kappa shape index (κ2) is 10.2. The minimum absolute atomic E-state index is 0.198. The van der Waals surface area contributed by atoms with E-state index in [0.29, 0.717) is 24.5 Å². The maximum absolute atomic E-state index is 12.8. The van der Waals surface area contributed by atoms with Crippen molar-refractivity contribution >= 4 is 23.5 Å². The van der Waals surface area contributed by atoms with E-state index >= 15 is 0 Å². The molecule has 0 saturated heterocycles. The Balaban J connectivity index is 2.07. The molecule has 0 spiro atoms. The molecule has 0 heterocycles. The van der Waals surface area contributed by atoms with Gasteiger partial charge in [0.1, 0.15) is 0 Å². The van der Waals surface area contributed by atoms with E-state index in [9.17, 15) is 9.59 Å². The SMILES string of the molecule is COC(=O)Nc1cccc(NC(=O)N(CCN(C)C)Cc2ccccc2)c1. The molecule has 0 unspecified atom stereocenters. The molecule has 0 saturated carbocycles. The van der Waals surface area contributed by atoms with E-state index in [2.05, 4.69) is 15.4 Å². The van der Waals surface area contributed by atoms with Crippen LogP contribution in [0.2, 0.25) is 0 Å². The van der Waals surface area contributed by atoms with Crippen LogP contribution in [-0.4, -0.2) is 56.2 Å². The highest BCUT2D eigenvalue weighted by atomic mass is 16.5. The molecule has 3 amide bonds. The molecule has 2 aromatic rings. The Labute approximate surface area is 159 Å². The first-order chi connectivity index (χ1) is 13.0. The summed E-state index contributed by atoms with van der Waals surface area (Å²) >= 11 is 0. The fourth-order valence-corrected chi connectivity index (χ4v) is 2.42. The van der Waals surface area contributed by atoms with Gasteiger partial charge in [0.15, 0.2) is 0 Å². The number of carbonyl (C=O) groups excluding carboxylic acids is 2. The van der Waals surface area contributed by atoms with Crippen LogP contribution in [0.15, 0.2) is 54.6 Å². The molecule has 0 aliphatic rings. The minimum Gasteiger partial charge on any atom is -0.453 e. The van der Waals surface area contributed by atoms with Crippen molar-refractivity contribution in [3.8, 4) is 0 Å². The van der Waals surface area contributed by atoms with Crippen LogP contribution in [0.1, 0.15) is 5.56 Å². The smallest absolute Gasteiger partial charge is 0.411 e. The number of hydrogen-bond acceptors (Lipinski definition) is 4. The Morgan fingerprint density at radius 3 is 2.22 bits per heavy atom. The average Bonchev–Trinajstić information content (AvgIpc) is 2.65. The third-order valence-corrected chi connectivity index (χ3v) is 3.87. The minimum atomic E-state index is -0.560. The number of amides is 3. The van der Waals surface area contributed by atoms with Gasteiger partial charge in [-0.1, -0.05) is 36.4 Å². The molecule has 0 aliphatic heterocycles. The van der Waals surface area contributed by atoms with E-state index in [1.54, 1.807) is 29.2 Å². The second-order valence-corrected chi connectivity index (χ2v) is 6.34. The van der Waals surface area contributed by atoms with E-state index in [-0.39, 0.29) is 6.03 Å². The summed E-state index contributed by atoms with van der Waals surface area (Å²) in [6.45, 7) is 1.86. The van der Waals surface area contributed by atoms with Crippen molar-refractivity contribution in [1.82, 2.24) is 9.80 Å². The summed E-state index contributed by atoms with van der Waals surface area (Å²) in [6.07, 6.45) is -0.560. The number of anilines is 2. The number of ether oxygens (including phenoxy) is 1. The lowest BCUT2D eigenvalue weighted by Gasteiger charge is -2.25. The standard InChI is InChI=1S/C20H26N4O3/c1-23(2)12-13-24(15-16-8-5-4-6-9-16)19(25)21-17-10-7-11-18(14-17)22-20(26)27-3/h4-11,14H,12-13,15H2,1-3H3,(H,21,25)(H,22,26). The Morgan fingerprint density at radius 2 is 1.59 bits per heavy atom. The number of urea groups is 1. The summed E-state index contributed by atoms with van der Waals surface area (Å²) in [7, 11) is 5.24. The first kappa shape index (κ1) is 20.3. The molecular weight excluding hydrogens is 344 g/mol. The number of carbonyl (C=O) groups is 2. The second-order valence-electron chi connectivity index (χ2n) is 6.34. The van der Waals surface area contributed by atoms with E-state index in [1.165, 1.54) is 7.11 Å². The molecule has 7 nitrogen and oxygen atoms in total. The highest BCUT2D eigenvalue weighted by Gasteiger charge is 2.15. The van der Waals surface area contributed by atoms with Crippen molar-refractivity contribution in [1.29, 1.82) is 0 Å². The molecule has 0 fully saturated rings. The molecule has 0 radical (unpaired) electrons. The van der Waals surface area contributed by atoms with Gasteiger partial charge in [0, 0.05) is 31.0 Å². The van der Waals surface area contributed by atoms with Crippen LogP contribution in [0, 0.1) is 0 Å². The van der Waals surface area contributed by atoms with Crippen LogP contribution in [0.25, 0.3) is 0 Å². The highest BCUT2D eigenvalue weighted by Crippen LogP contribution is 2.16. The van der Waals surface area contributed by atoms with Gasteiger partial charge < -0.3 is 19.9 Å². The third kappa shape index (κ3) is 6.99. The fraction of sp³-hybridized carbons (Fsp3) is 0.300. The summed E-state index contributed by atoms with van der Waals surface area (Å²) in [4.78, 5) is 27.9. The van der Waals surface area contributed by atoms with Gasteiger partial charge in [0.05, 0.1) is 7.11 Å². The molecule has 0 aromatic heterocycles. The first-order valence-corrected chi connectivity index (χ1v) is 8.67. The summed E-state index contributed by atoms with van der Waals surface area (Å²) in [5, 5.41) is 5.48. The molecule has 2 N–H and O–H groups in total. The number of rotatable bonds is 7. The van der Waals surface area contributed by atoms with Gasteiger partial charge in [0.2, 0.25) is 0 Å². The van der Waals surface area contributed by atoms with Crippen LogP contribution in [0.3, 0.4) is 0 Å². The van der Waals surface area contributed by atoms with Crippen LogP contribution in [0.4, 0.5) is 21.0 Å². The maximum atomic E-state index is 12.8. The summed E-state index contributed by atoms with van der Waals surface area (Å²) in [6, 6.07) is 16.6. The van der Waals surface area contributed by atoms with E-state index in [4.69, 9.17) is 0 Å². The lowest BCUT2D eigenvalue weighted by atomic mass is 10.2. The number of nitrogens with one attached hydrogen (secondary N) is 2. The number of benzene rings is 2. The molecule has 0 bridgehead atoms. The Morgan fingerprint density at radius 1 is 0.926 bits per heavy atom. The van der Waals surface area contributed by atoms with Crippen molar-refractivity contribution in [3.05, 3.63) is 60.2 Å². The monoisotopic (exact) mass is 370 g/mol. The molecule has 2 aromatic carbocycles. The molecule has 0 aliphatic carbocycles. The first-order valence-electron chi connectivity index (χ1n) is 8.67. The van der Waals surface area contributed by atoms with Gasteiger partial charge in [-0.25, -0.2) is 9.59 Å². The van der Waals surface area contributed by atoms with Gasteiger partial charge in [-0.05, 0) is 37.9 Å². The van der Waals surface area contributed by atoms with Crippen LogP contribution in [0.5, 0.6) is 0 Å². The largest absolute Gasteiger partial charge is 0.453 e. The van der Waals surface area contributed by atoms with Crippen molar-refractivity contribution in [2.24, 2.45) is 0 Å². The fourth-order valence-electron chi connectivity index (χ4n) is 2.42. The van der Waals surface area contributed by atoms with E-state index in [1.807, 2.05) is 49.3 Å². The number of nitrogens with zero attached hydrogens (tertiary/aromatic N) is 2. The molecule has 144 valence electrons. The Hall–Kier alpha value is -3.06. The number of methoxy groups -OCH3 is 1. The normalized spacial score (nSPS) is 10.4. The van der Waals surface area contributed by atoms with Crippen LogP contribution < -0.4 is 10.6 Å². The van der Waals surface area contributed by atoms with Crippen LogP contribution >= 0.6 is 0 Å². The van der Waals surface area contributed by atoms with Gasteiger partial charge in [-0.2, -0.15) is 0 Å². The summed E-state index contributed by atoms with van der Waals surface area (Å²) < 4.78 is 4.58. The predicted molar refractivity (Wildman–Crippen MR) is 107 cm³/mol. The lowest BCUT2D eigenvalue weighted by Crippen LogP contribution is -2.39. The van der Waals surface area contributed by atoms with Gasteiger partial charge in [-0.3, -0.25) is 5.32 Å². The molecular formula is C20H26N4O3. The Bertz CT molecular complexity index is 750. The van der Waals surface area contributed by atoms with Crippen molar-refractivity contribution in [3.63, 3.8) is 0 Å². The quantitative estimate of drug-likeness (QED) is 0.783. The number of hydrogen-bond donors (Lipinski definition) is 2. The molecule has 2 rings (SSSR count). The third-order valence-electron chi connectivity index (χ3n) is 3.87. The van der Waals surface area contributed by atoms with Crippen molar-refractivity contribution < 1.29 is 14.3 Å². The van der Waals surface area contributed by atoms with E-state index < -0.39 is 6.09 Å². The number of likely N-dealkylation sites (N-methyl/N-ethyl adjacent to an activating group) is 1. The predicted octanol–water partition coefficient (Wildman–Crippen LogP) is 3.46. The summed E-state index contributed by atoms with van der Waals surface area (Å²) in [5.74, 6) is 0. The maximum Gasteiger partial charge on any atom is 0.411 e. The van der Waals surface area contributed by atoms with Crippen molar-refractivity contribution in [2.45, 2.75) is 6.54 Å². The zero-order chi connectivity index (χ0) is 19.6. The zero-order valence-electron chi connectivity index (χ0n) is 15.9. The molecule has 7 heteroatoms. The Kier molecular flexibility index (Phi) is 7.63. The molecule has 0 atom stereocenters. The zero-order valence-corrected chi connectivity index (χ0v) is 15.9. The average molecular weight is 370 g/mol. The van der Waals surface area contributed by atoms with E-state index in [0.717, 1.165) is 12.1 Å². The van der Waals surface area contributed by atoms with Gasteiger partial charge >= 0.3 is 12.1 Å².